The number of nitrogens with zero attached hydrogens (tertiary/aromatic N) is 2. The van der Waals surface area contributed by atoms with E-state index in [1.54, 1.807) is 0 Å². The number of carbonyl (C=O) groups is 2. The average molecular weight is 412 g/mol. The third kappa shape index (κ3) is 8.92. The van der Waals surface area contributed by atoms with E-state index in [9.17, 15) is 9.59 Å². The van der Waals surface area contributed by atoms with Gasteiger partial charge in [-0.05, 0) is 59.3 Å². The van der Waals surface area contributed by atoms with Gasteiger partial charge in [-0.15, -0.1) is 0 Å². The van der Waals surface area contributed by atoms with E-state index >= 15 is 0 Å². The summed E-state index contributed by atoms with van der Waals surface area (Å²) in [7, 11) is 0. The molecule has 0 aromatic carbocycles. The fourth-order valence-corrected chi connectivity index (χ4v) is 3.57. The minimum atomic E-state index is -0.543. The molecule has 0 aromatic heterocycles. The SMILES string of the molecule is CCNC(=NCC(CC)(CC)NC(=O)OC(C)(C)C)N1CCCC(CC(N)=O)C1. The molecule has 0 spiro atoms. The molecule has 29 heavy (non-hydrogen) atoms. The largest absolute Gasteiger partial charge is 0.444 e. The molecule has 0 radical (unpaired) electrons. The first kappa shape index (κ1) is 25.0. The van der Waals surface area contributed by atoms with Crippen LogP contribution in [0, 0.1) is 5.92 Å². The third-order valence-electron chi connectivity index (χ3n) is 5.29. The molecule has 2 amide bonds. The van der Waals surface area contributed by atoms with Crippen molar-refractivity contribution >= 4 is 18.0 Å². The van der Waals surface area contributed by atoms with Gasteiger partial charge in [-0.3, -0.25) is 9.79 Å². The van der Waals surface area contributed by atoms with Gasteiger partial charge in [0.25, 0.3) is 0 Å². The molecule has 1 aliphatic heterocycles. The van der Waals surface area contributed by atoms with Crippen LogP contribution in [0.15, 0.2) is 4.99 Å². The standard InChI is InChI=1S/C21H41N5O3/c1-7-21(8-2,25-19(28)29-20(4,5)6)15-24-18(23-9-3)26-12-10-11-16(14-26)13-17(22)27/h16H,7-15H2,1-6H3,(H2,22,27)(H,23,24)(H,25,28). The molecule has 1 rings (SSSR count). The first-order chi connectivity index (χ1) is 13.5. The van der Waals surface area contributed by atoms with Gasteiger partial charge in [0.15, 0.2) is 5.96 Å². The number of piperidine rings is 1. The van der Waals surface area contributed by atoms with Crippen LogP contribution in [-0.2, 0) is 9.53 Å². The third-order valence-corrected chi connectivity index (χ3v) is 5.29. The van der Waals surface area contributed by atoms with Gasteiger partial charge in [0, 0.05) is 26.1 Å². The Morgan fingerprint density at radius 1 is 1.21 bits per heavy atom. The van der Waals surface area contributed by atoms with E-state index in [-0.39, 0.29) is 11.8 Å². The van der Waals surface area contributed by atoms with Crippen molar-refractivity contribution in [3.8, 4) is 0 Å². The van der Waals surface area contributed by atoms with Gasteiger partial charge in [-0.25, -0.2) is 4.79 Å². The number of hydrogen-bond acceptors (Lipinski definition) is 4. The molecule has 1 atom stereocenters. The maximum Gasteiger partial charge on any atom is 0.408 e. The molecule has 1 fully saturated rings. The van der Waals surface area contributed by atoms with E-state index in [0.717, 1.165) is 51.3 Å². The van der Waals surface area contributed by atoms with Crippen LogP contribution in [0.1, 0.15) is 73.6 Å². The van der Waals surface area contributed by atoms with Crippen LogP contribution in [0.5, 0.6) is 0 Å². The summed E-state index contributed by atoms with van der Waals surface area (Å²) in [6.07, 6.45) is 3.49. The summed E-state index contributed by atoms with van der Waals surface area (Å²) < 4.78 is 5.45. The van der Waals surface area contributed by atoms with Crippen molar-refractivity contribution in [2.45, 2.75) is 84.8 Å². The zero-order chi connectivity index (χ0) is 22.1. The van der Waals surface area contributed by atoms with Gasteiger partial charge in [-0.1, -0.05) is 13.8 Å². The lowest BCUT2D eigenvalue weighted by Gasteiger charge is -2.36. The number of guanidine groups is 1. The Bertz CT molecular complexity index is 567. The molecule has 1 heterocycles. The van der Waals surface area contributed by atoms with E-state index in [1.807, 2.05) is 41.5 Å². The Labute approximate surface area is 176 Å². The van der Waals surface area contributed by atoms with Crippen molar-refractivity contribution in [1.82, 2.24) is 15.5 Å². The van der Waals surface area contributed by atoms with Crippen LogP contribution in [-0.4, -0.2) is 60.2 Å². The average Bonchev–Trinajstić information content (AvgIpc) is 2.62. The summed E-state index contributed by atoms with van der Waals surface area (Å²) in [5, 5.41) is 6.40. The van der Waals surface area contributed by atoms with E-state index in [4.69, 9.17) is 15.5 Å². The second-order valence-electron chi connectivity index (χ2n) is 8.91. The van der Waals surface area contributed by atoms with Gasteiger partial charge in [0.05, 0.1) is 12.1 Å². The smallest absolute Gasteiger partial charge is 0.408 e. The molecule has 1 saturated heterocycles. The summed E-state index contributed by atoms with van der Waals surface area (Å²) >= 11 is 0. The van der Waals surface area contributed by atoms with E-state index in [0.29, 0.717) is 13.0 Å². The fraction of sp³-hybridized carbons (Fsp3) is 0.857. The minimum absolute atomic E-state index is 0.253. The Morgan fingerprint density at radius 2 is 1.86 bits per heavy atom. The fourth-order valence-electron chi connectivity index (χ4n) is 3.57. The van der Waals surface area contributed by atoms with Crippen molar-refractivity contribution in [3.05, 3.63) is 0 Å². The monoisotopic (exact) mass is 411 g/mol. The van der Waals surface area contributed by atoms with Crippen LogP contribution in [0.2, 0.25) is 0 Å². The normalized spacial score (nSPS) is 18.3. The Balaban J connectivity index is 2.91. The number of amides is 2. The molecule has 168 valence electrons. The second-order valence-corrected chi connectivity index (χ2v) is 8.91. The van der Waals surface area contributed by atoms with Gasteiger partial charge < -0.3 is 26.0 Å². The Hall–Kier alpha value is -1.99. The molecule has 0 saturated carbocycles. The van der Waals surface area contributed by atoms with Crippen LogP contribution in [0.25, 0.3) is 0 Å². The molecular formula is C21H41N5O3. The topological polar surface area (TPSA) is 109 Å². The summed E-state index contributed by atoms with van der Waals surface area (Å²) in [6.45, 7) is 14.6. The quantitative estimate of drug-likeness (QED) is 0.420. The minimum Gasteiger partial charge on any atom is -0.444 e. The van der Waals surface area contributed by atoms with E-state index in [2.05, 4.69) is 15.5 Å². The first-order valence-electron chi connectivity index (χ1n) is 10.9. The number of aliphatic imine (C=N–C) groups is 1. The highest BCUT2D eigenvalue weighted by Gasteiger charge is 2.31. The molecule has 8 nitrogen and oxygen atoms in total. The molecule has 0 aliphatic carbocycles. The number of alkyl carbamates (subject to hydrolysis) is 1. The molecule has 8 heteroatoms. The van der Waals surface area contributed by atoms with Crippen LogP contribution < -0.4 is 16.4 Å². The van der Waals surface area contributed by atoms with Crippen LogP contribution in [0.3, 0.4) is 0 Å². The summed E-state index contributed by atoms with van der Waals surface area (Å²) in [5.74, 6) is 0.822. The zero-order valence-corrected chi connectivity index (χ0v) is 19.1. The van der Waals surface area contributed by atoms with Crippen molar-refractivity contribution in [2.24, 2.45) is 16.6 Å². The number of rotatable bonds is 8. The lowest BCUT2D eigenvalue weighted by molar-refractivity contribution is -0.119. The zero-order valence-electron chi connectivity index (χ0n) is 19.1. The van der Waals surface area contributed by atoms with E-state index < -0.39 is 17.2 Å². The van der Waals surface area contributed by atoms with Gasteiger partial charge in [0.2, 0.25) is 5.91 Å². The van der Waals surface area contributed by atoms with Gasteiger partial charge in [0.1, 0.15) is 5.60 Å². The van der Waals surface area contributed by atoms with Gasteiger partial charge in [-0.2, -0.15) is 0 Å². The molecule has 1 aliphatic rings. The highest BCUT2D eigenvalue weighted by molar-refractivity contribution is 5.80. The summed E-state index contributed by atoms with van der Waals surface area (Å²) in [4.78, 5) is 30.7. The molecule has 1 unspecified atom stereocenters. The van der Waals surface area contributed by atoms with Crippen molar-refractivity contribution in [3.63, 3.8) is 0 Å². The lowest BCUT2D eigenvalue weighted by Crippen LogP contribution is -2.53. The van der Waals surface area contributed by atoms with Crippen molar-refractivity contribution < 1.29 is 14.3 Å². The van der Waals surface area contributed by atoms with Gasteiger partial charge >= 0.3 is 6.09 Å². The maximum atomic E-state index is 12.4. The number of carbonyl (C=O) groups excluding carboxylic acids is 2. The molecule has 0 bridgehead atoms. The predicted molar refractivity (Wildman–Crippen MR) is 117 cm³/mol. The highest BCUT2D eigenvalue weighted by Crippen LogP contribution is 2.21. The Kier molecular flexibility index (Phi) is 9.73. The first-order valence-corrected chi connectivity index (χ1v) is 10.9. The number of hydrogen-bond donors (Lipinski definition) is 3. The predicted octanol–water partition coefficient (Wildman–Crippen LogP) is 2.62. The van der Waals surface area contributed by atoms with Crippen LogP contribution >= 0.6 is 0 Å². The molecular weight excluding hydrogens is 370 g/mol. The summed E-state index contributed by atoms with van der Waals surface area (Å²) in [6, 6.07) is 0. The van der Waals surface area contributed by atoms with E-state index in [1.165, 1.54) is 0 Å². The lowest BCUT2D eigenvalue weighted by atomic mass is 9.93. The van der Waals surface area contributed by atoms with Crippen molar-refractivity contribution in [1.29, 1.82) is 0 Å². The number of nitrogens with two attached hydrogens (primary N) is 1. The summed E-state index contributed by atoms with van der Waals surface area (Å²) in [5.41, 5.74) is 4.38. The Morgan fingerprint density at radius 3 is 2.38 bits per heavy atom. The van der Waals surface area contributed by atoms with Crippen LogP contribution in [0.4, 0.5) is 4.79 Å². The molecule has 0 aromatic rings. The van der Waals surface area contributed by atoms with Crippen molar-refractivity contribution in [2.75, 3.05) is 26.2 Å². The maximum absolute atomic E-state index is 12.4. The second kappa shape index (κ2) is 11.3. The highest BCUT2D eigenvalue weighted by atomic mass is 16.6. The number of ether oxygens (including phenoxy) is 1. The molecule has 4 N–H and O–H groups in total. The number of likely N-dealkylation sites (tertiary alicyclic amines) is 1. The number of nitrogens with one attached hydrogen (secondary N) is 2. The number of primary amides is 1.